The summed E-state index contributed by atoms with van der Waals surface area (Å²) in [6.45, 7) is 0. The maximum atomic E-state index is 6.23. The molecule has 0 saturated heterocycles. The number of rotatable bonds is 4. The van der Waals surface area contributed by atoms with Crippen LogP contribution in [0.15, 0.2) is 205 Å². The van der Waals surface area contributed by atoms with Crippen LogP contribution in [0.1, 0.15) is 0 Å². The molecule has 0 spiro atoms. The zero-order valence-electron chi connectivity index (χ0n) is 31.3. The van der Waals surface area contributed by atoms with Crippen molar-refractivity contribution in [3.05, 3.63) is 200 Å². The summed E-state index contributed by atoms with van der Waals surface area (Å²) >= 11 is 0. The lowest BCUT2D eigenvalue weighted by Gasteiger charge is -2.12. The Labute approximate surface area is 332 Å². The largest absolute Gasteiger partial charge is 0.456 e. The van der Waals surface area contributed by atoms with E-state index in [2.05, 4.69) is 202 Å². The SMILES string of the molecule is c1ccc(-n2c3ccccc3c3cc(-c4ccc5c(c4)c4ccccc4n5-c4ccc5c6ccccc6n(-c6ccc7oc8ccccc8c7c6)c5c4)ccc32)cc1. The fourth-order valence-electron chi connectivity index (χ4n) is 9.67. The average Bonchev–Trinajstić information content (AvgIpc) is 4.02. The predicted octanol–water partition coefficient (Wildman–Crippen LogP) is 14.5. The van der Waals surface area contributed by atoms with E-state index in [1.165, 1.54) is 76.7 Å². The maximum absolute atomic E-state index is 6.23. The normalized spacial score (nSPS) is 12.1. The Morgan fingerprint density at radius 2 is 0.690 bits per heavy atom. The van der Waals surface area contributed by atoms with Crippen molar-refractivity contribution in [2.75, 3.05) is 0 Å². The standard InChI is InChI=1S/C54H33N3O/c1-2-12-36(13-3-1)55-48-19-9-5-15-40(48)44-30-34(22-27-50(44)55)35-23-28-51-45(31-35)41-16-6-10-20-49(41)56(51)38-24-26-42-39-14-4-8-18-47(39)57(52(42)33-38)37-25-29-54-46(32-37)43-17-7-11-21-53(43)58-54/h1-33H. The molecule has 0 fully saturated rings. The number of aromatic nitrogens is 3. The lowest BCUT2D eigenvalue weighted by Crippen LogP contribution is -1.97. The number of hydrogen-bond donors (Lipinski definition) is 0. The van der Waals surface area contributed by atoms with E-state index in [4.69, 9.17) is 4.42 Å². The van der Waals surface area contributed by atoms with Gasteiger partial charge < -0.3 is 18.1 Å². The molecular formula is C54H33N3O. The Bertz CT molecular complexity index is 3800. The Hall–Kier alpha value is -7.82. The van der Waals surface area contributed by atoms with Gasteiger partial charge in [0.2, 0.25) is 0 Å². The number of benzene rings is 9. The van der Waals surface area contributed by atoms with Gasteiger partial charge in [0, 0.05) is 60.2 Å². The van der Waals surface area contributed by atoms with Crippen molar-refractivity contribution in [2.45, 2.75) is 0 Å². The molecule has 0 unspecified atom stereocenters. The molecule has 0 aliphatic heterocycles. The molecule has 270 valence electrons. The van der Waals surface area contributed by atoms with Crippen LogP contribution in [-0.2, 0) is 0 Å². The molecule has 0 aliphatic rings. The van der Waals surface area contributed by atoms with Gasteiger partial charge in [0.25, 0.3) is 0 Å². The average molecular weight is 740 g/mol. The first-order valence-corrected chi connectivity index (χ1v) is 19.8. The van der Waals surface area contributed by atoms with Crippen molar-refractivity contribution in [3.8, 4) is 28.2 Å². The highest BCUT2D eigenvalue weighted by Gasteiger charge is 2.19. The third-order valence-electron chi connectivity index (χ3n) is 12.2. The molecular weight excluding hydrogens is 707 g/mol. The summed E-state index contributed by atoms with van der Waals surface area (Å²) in [7, 11) is 0. The van der Waals surface area contributed by atoms with Crippen molar-refractivity contribution >= 4 is 87.4 Å². The van der Waals surface area contributed by atoms with Crippen LogP contribution in [0.4, 0.5) is 0 Å². The second-order valence-electron chi connectivity index (χ2n) is 15.3. The zero-order valence-corrected chi connectivity index (χ0v) is 31.3. The van der Waals surface area contributed by atoms with E-state index in [9.17, 15) is 0 Å². The minimum absolute atomic E-state index is 0.898. The van der Waals surface area contributed by atoms with Crippen LogP contribution in [0.5, 0.6) is 0 Å². The number of furan rings is 1. The van der Waals surface area contributed by atoms with E-state index in [1.807, 2.05) is 12.1 Å². The molecule has 4 nitrogen and oxygen atoms in total. The van der Waals surface area contributed by atoms with Crippen LogP contribution in [0.25, 0.3) is 116 Å². The van der Waals surface area contributed by atoms with Gasteiger partial charge in [-0.25, -0.2) is 0 Å². The highest BCUT2D eigenvalue weighted by atomic mass is 16.3. The summed E-state index contributed by atoms with van der Waals surface area (Å²) in [5, 5.41) is 9.69. The molecule has 58 heavy (non-hydrogen) atoms. The summed E-state index contributed by atoms with van der Waals surface area (Å²) in [6, 6.07) is 72.6. The number of nitrogens with zero attached hydrogens (tertiary/aromatic N) is 3. The Morgan fingerprint density at radius 3 is 1.34 bits per heavy atom. The van der Waals surface area contributed by atoms with Gasteiger partial charge in [0.15, 0.2) is 0 Å². The van der Waals surface area contributed by atoms with Gasteiger partial charge in [0.05, 0.1) is 33.1 Å². The van der Waals surface area contributed by atoms with Gasteiger partial charge in [-0.1, -0.05) is 109 Å². The van der Waals surface area contributed by atoms with Gasteiger partial charge in [-0.05, 0) is 102 Å². The van der Waals surface area contributed by atoms with E-state index in [0.29, 0.717) is 0 Å². The fourth-order valence-corrected chi connectivity index (χ4v) is 9.67. The fraction of sp³-hybridized carbons (Fsp3) is 0. The molecule has 0 bridgehead atoms. The van der Waals surface area contributed by atoms with Gasteiger partial charge in [-0.2, -0.15) is 0 Å². The van der Waals surface area contributed by atoms with Gasteiger partial charge >= 0.3 is 0 Å². The Morgan fingerprint density at radius 1 is 0.241 bits per heavy atom. The minimum Gasteiger partial charge on any atom is -0.456 e. The van der Waals surface area contributed by atoms with Gasteiger partial charge in [0.1, 0.15) is 11.2 Å². The van der Waals surface area contributed by atoms with E-state index in [-0.39, 0.29) is 0 Å². The second-order valence-corrected chi connectivity index (χ2v) is 15.3. The van der Waals surface area contributed by atoms with E-state index in [1.54, 1.807) is 0 Å². The highest BCUT2D eigenvalue weighted by molar-refractivity contribution is 6.14. The molecule has 13 rings (SSSR count). The zero-order chi connectivity index (χ0) is 37.9. The Balaban J connectivity index is 1.000. The summed E-state index contributed by atoms with van der Waals surface area (Å²) in [6.07, 6.45) is 0. The molecule has 4 heterocycles. The molecule has 9 aromatic carbocycles. The van der Waals surface area contributed by atoms with Crippen molar-refractivity contribution in [1.82, 2.24) is 13.7 Å². The molecule has 4 heteroatoms. The van der Waals surface area contributed by atoms with Gasteiger partial charge in [-0.3, -0.25) is 0 Å². The third-order valence-corrected chi connectivity index (χ3v) is 12.2. The number of para-hydroxylation sites is 5. The molecule has 0 saturated carbocycles. The first-order chi connectivity index (χ1) is 28.8. The molecule has 0 radical (unpaired) electrons. The molecule has 4 aromatic heterocycles. The van der Waals surface area contributed by atoms with E-state index in [0.717, 1.165) is 38.8 Å². The van der Waals surface area contributed by atoms with Crippen LogP contribution < -0.4 is 0 Å². The van der Waals surface area contributed by atoms with Crippen LogP contribution in [0.2, 0.25) is 0 Å². The maximum Gasteiger partial charge on any atom is 0.135 e. The van der Waals surface area contributed by atoms with Crippen molar-refractivity contribution < 1.29 is 4.42 Å². The first-order valence-electron chi connectivity index (χ1n) is 19.8. The van der Waals surface area contributed by atoms with Crippen molar-refractivity contribution in [2.24, 2.45) is 0 Å². The Kier molecular flexibility index (Phi) is 6.41. The minimum atomic E-state index is 0.898. The first kappa shape index (κ1) is 31.4. The van der Waals surface area contributed by atoms with Crippen LogP contribution >= 0.6 is 0 Å². The number of fused-ring (bicyclic) bond motifs is 12. The quantitative estimate of drug-likeness (QED) is 0.177. The summed E-state index contributed by atoms with van der Waals surface area (Å²) in [4.78, 5) is 0. The third kappa shape index (κ3) is 4.40. The number of hydrogen-bond acceptors (Lipinski definition) is 1. The predicted molar refractivity (Wildman–Crippen MR) is 242 cm³/mol. The summed E-state index contributed by atoms with van der Waals surface area (Å²) in [5.74, 6) is 0. The van der Waals surface area contributed by atoms with Crippen molar-refractivity contribution in [3.63, 3.8) is 0 Å². The molecule has 0 atom stereocenters. The lowest BCUT2D eigenvalue weighted by atomic mass is 10.0. The summed E-state index contributed by atoms with van der Waals surface area (Å²) in [5.41, 5.74) is 14.7. The molecule has 0 amide bonds. The van der Waals surface area contributed by atoms with Crippen LogP contribution in [-0.4, -0.2) is 13.7 Å². The highest BCUT2D eigenvalue weighted by Crippen LogP contribution is 2.41. The second kappa shape index (κ2) is 11.8. The van der Waals surface area contributed by atoms with Crippen LogP contribution in [0.3, 0.4) is 0 Å². The van der Waals surface area contributed by atoms with Crippen molar-refractivity contribution in [1.29, 1.82) is 0 Å². The van der Waals surface area contributed by atoms with E-state index >= 15 is 0 Å². The summed E-state index contributed by atoms with van der Waals surface area (Å²) < 4.78 is 13.4. The molecule has 0 N–H and O–H groups in total. The van der Waals surface area contributed by atoms with Crippen LogP contribution in [0, 0.1) is 0 Å². The van der Waals surface area contributed by atoms with E-state index < -0.39 is 0 Å². The molecule has 0 aliphatic carbocycles. The van der Waals surface area contributed by atoms with Gasteiger partial charge in [-0.15, -0.1) is 0 Å². The smallest absolute Gasteiger partial charge is 0.135 e. The lowest BCUT2D eigenvalue weighted by molar-refractivity contribution is 0.669. The monoisotopic (exact) mass is 739 g/mol. The topological polar surface area (TPSA) is 27.9 Å². The molecule has 13 aromatic rings.